The maximum Gasteiger partial charge on any atom is 0.270 e. The lowest BCUT2D eigenvalue weighted by Gasteiger charge is -2.15. The Balaban J connectivity index is 1.81. The van der Waals surface area contributed by atoms with E-state index in [9.17, 15) is 4.79 Å². The Kier molecular flexibility index (Phi) is 4.72. The number of nitrogens with zero attached hydrogens (tertiary/aromatic N) is 1. The van der Waals surface area contributed by atoms with Crippen LogP contribution in [-0.2, 0) is 4.79 Å². The third-order valence-corrected chi connectivity index (χ3v) is 5.78. The largest absolute Gasteiger partial charge is 0.496 e. The molecular formula is C22H17NO2S2. The molecule has 134 valence electrons. The van der Waals surface area contributed by atoms with Gasteiger partial charge in [0.05, 0.1) is 17.7 Å². The van der Waals surface area contributed by atoms with Crippen LogP contribution < -0.4 is 9.64 Å². The summed E-state index contributed by atoms with van der Waals surface area (Å²) < 4.78 is 6.08. The second kappa shape index (κ2) is 7.18. The highest BCUT2D eigenvalue weighted by Gasteiger charge is 2.33. The molecule has 1 aliphatic rings. The minimum atomic E-state index is -0.106. The smallest absolute Gasteiger partial charge is 0.270 e. The second-order valence-corrected chi connectivity index (χ2v) is 7.93. The standard InChI is InChI=1S/C22H17NO2S2/c1-14-6-5-8-16(12-14)23-21(24)20(27-22(23)26)13-18-17-9-4-3-7-15(17)10-11-19(18)25-2/h3-13H,1-2H3. The van der Waals surface area contributed by atoms with Crippen molar-refractivity contribution in [1.29, 1.82) is 0 Å². The molecule has 1 amide bonds. The normalized spacial score (nSPS) is 15.8. The van der Waals surface area contributed by atoms with Crippen molar-refractivity contribution < 1.29 is 9.53 Å². The number of carbonyl (C=O) groups excluding carboxylic acids is 1. The number of hydrogen-bond acceptors (Lipinski definition) is 4. The number of anilines is 1. The summed E-state index contributed by atoms with van der Waals surface area (Å²) in [6.07, 6.45) is 1.89. The Morgan fingerprint density at radius 3 is 2.67 bits per heavy atom. The average molecular weight is 392 g/mol. The molecule has 0 atom stereocenters. The van der Waals surface area contributed by atoms with Gasteiger partial charge in [0.25, 0.3) is 5.91 Å². The molecule has 0 aromatic heterocycles. The maximum atomic E-state index is 13.1. The topological polar surface area (TPSA) is 29.5 Å². The minimum Gasteiger partial charge on any atom is -0.496 e. The maximum absolute atomic E-state index is 13.1. The van der Waals surface area contributed by atoms with Crippen molar-refractivity contribution >= 4 is 56.7 Å². The highest BCUT2D eigenvalue weighted by atomic mass is 32.2. The van der Waals surface area contributed by atoms with Crippen molar-refractivity contribution in [2.24, 2.45) is 0 Å². The number of ether oxygens (including phenoxy) is 1. The van der Waals surface area contributed by atoms with E-state index in [0.717, 1.165) is 33.3 Å². The fourth-order valence-electron chi connectivity index (χ4n) is 3.19. The molecule has 0 unspecified atom stereocenters. The quantitative estimate of drug-likeness (QED) is 0.432. The summed E-state index contributed by atoms with van der Waals surface area (Å²) in [4.78, 5) is 15.3. The van der Waals surface area contributed by atoms with E-state index in [1.807, 2.05) is 73.7 Å². The van der Waals surface area contributed by atoms with E-state index in [-0.39, 0.29) is 5.91 Å². The predicted molar refractivity (Wildman–Crippen MR) is 117 cm³/mol. The Morgan fingerprint density at radius 2 is 1.89 bits per heavy atom. The highest BCUT2D eigenvalue weighted by Crippen LogP contribution is 2.39. The summed E-state index contributed by atoms with van der Waals surface area (Å²) in [6, 6.07) is 19.8. The van der Waals surface area contributed by atoms with E-state index in [2.05, 4.69) is 0 Å². The van der Waals surface area contributed by atoms with Gasteiger partial charge in [0, 0.05) is 5.56 Å². The number of carbonyl (C=O) groups is 1. The van der Waals surface area contributed by atoms with Crippen molar-refractivity contribution in [3.63, 3.8) is 0 Å². The molecule has 0 N–H and O–H groups in total. The Labute approximate surface area is 167 Å². The number of hydrogen-bond donors (Lipinski definition) is 0. The average Bonchev–Trinajstić information content (AvgIpc) is 2.95. The van der Waals surface area contributed by atoms with Crippen LogP contribution in [0.1, 0.15) is 11.1 Å². The van der Waals surface area contributed by atoms with Gasteiger partial charge in [-0.2, -0.15) is 0 Å². The van der Waals surface area contributed by atoms with Crippen LogP contribution in [0.25, 0.3) is 16.8 Å². The summed E-state index contributed by atoms with van der Waals surface area (Å²) in [7, 11) is 1.64. The minimum absolute atomic E-state index is 0.106. The van der Waals surface area contributed by atoms with E-state index >= 15 is 0 Å². The lowest BCUT2D eigenvalue weighted by atomic mass is 10.0. The zero-order chi connectivity index (χ0) is 19.0. The predicted octanol–water partition coefficient (Wildman–Crippen LogP) is 5.56. The number of methoxy groups -OCH3 is 1. The van der Waals surface area contributed by atoms with Crippen LogP contribution in [0.4, 0.5) is 5.69 Å². The molecule has 1 fully saturated rings. The van der Waals surface area contributed by atoms with Crippen LogP contribution in [-0.4, -0.2) is 17.3 Å². The summed E-state index contributed by atoms with van der Waals surface area (Å²) in [5, 5.41) is 2.14. The Bertz CT molecular complexity index is 1100. The fraction of sp³-hybridized carbons (Fsp3) is 0.0909. The van der Waals surface area contributed by atoms with E-state index in [1.54, 1.807) is 12.0 Å². The first-order chi connectivity index (χ1) is 13.1. The lowest BCUT2D eigenvalue weighted by Crippen LogP contribution is -2.27. The monoisotopic (exact) mass is 391 g/mol. The first kappa shape index (κ1) is 17.8. The van der Waals surface area contributed by atoms with Crippen LogP contribution in [0, 0.1) is 6.92 Å². The molecule has 3 aromatic rings. The van der Waals surface area contributed by atoms with Gasteiger partial charge in [-0.15, -0.1) is 0 Å². The summed E-state index contributed by atoms with van der Waals surface area (Å²) >= 11 is 6.81. The van der Waals surface area contributed by atoms with Gasteiger partial charge in [0.15, 0.2) is 4.32 Å². The SMILES string of the molecule is COc1ccc2ccccc2c1C=C1SC(=S)N(c2cccc(C)c2)C1=O. The van der Waals surface area contributed by atoms with Crippen molar-refractivity contribution in [3.05, 3.63) is 76.7 Å². The number of fused-ring (bicyclic) bond motifs is 1. The van der Waals surface area contributed by atoms with Crippen LogP contribution in [0.5, 0.6) is 5.75 Å². The first-order valence-electron chi connectivity index (χ1n) is 8.49. The van der Waals surface area contributed by atoms with E-state index in [0.29, 0.717) is 9.23 Å². The van der Waals surface area contributed by atoms with Gasteiger partial charge in [0.2, 0.25) is 0 Å². The van der Waals surface area contributed by atoms with Gasteiger partial charge < -0.3 is 4.74 Å². The van der Waals surface area contributed by atoms with Gasteiger partial charge in [-0.1, -0.05) is 66.4 Å². The van der Waals surface area contributed by atoms with E-state index < -0.39 is 0 Å². The molecule has 1 saturated heterocycles. The number of aryl methyl sites for hydroxylation is 1. The zero-order valence-corrected chi connectivity index (χ0v) is 16.6. The van der Waals surface area contributed by atoms with Crippen molar-refractivity contribution in [1.82, 2.24) is 0 Å². The van der Waals surface area contributed by atoms with Crippen LogP contribution in [0.3, 0.4) is 0 Å². The van der Waals surface area contributed by atoms with Crippen molar-refractivity contribution in [2.75, 3.05) is 12.0 Å². The lowest BCUT2D eigenvalue weighted by molar-refractivity contribution is -0.113. The molecule has 0 saturated carbocycles. The van der Waals surface area contributed by atoms with Gasteiger partial charge in [-0.3, -0.25) is 9.69 Å². The third kappa shape index (κ3) is 3.24. The molecule has 0 radical (unpaired) electrons. The van der Waals surface area contributed by atoms with Crippen molar-refractivity contribution in [2.45, 2.75) is 6.92 Å². The summed E-state index contributed by atoms with van der Waals surface area (Å²) in [5.41, 5.74) is 2.77. The molecular weight excluding hydrogens is 374 g/mol. The number of rotatable bonds is 3. The van der Waals surface area contributed by atoms with Gasteiger partial charge in [-0.05, 0) is 47.5 Å². The van der Waals surface area contributed by atoms with Gasteiger partial charge >= 0.3 is 0 Å². The second-order valence-electron chi connectivity index (χ2n) is 6.26. The number of thioether (sulfide) groups is 1. The molecule has 5 heteroatoms. The van der Waals surface area contributed by atoms with Crippen LogP contribution >= 0.6 is 24.0 Å². The van der Waals surface area contributed by atoms with Gasteiger partial charge in [0.1, 0.15) is 5.75 Å². The van der Waals surface area contributed by atoms with E-state index in [1.165, 1.54) is 11.8 Å². The third-order valence-electron chi connectivity index (χ3n) is 4.48. The number of amides is 1. The molecule has 3 aromatic carbocycles. The Hall–Kier alpha value is -2.63. The first-order valence-corrected chi connectivity index (χ1v) is 9.71. The number of thiocarbonyl (C=S) groups is 1. The molecule has 0 spiro atoms. The molecule has 1 aliphatic heterocycles. The summed E-state index contributed by atoms with van der Waals surface area (Å²) in [6.45, 7) is 2.00. The van der Waals surface area contributed by atoms with Crippen LogP contribution in [0.15, 0.2) is 65.6 Å². The molecule has 0 bridgehead atoms. The molecule has 1 heterocycles. The van der Waals surface area contributed by atoms with Gasteiger partial charge in [-0.25, -0.2) is 0 Å². The fourth-order valence-corrected chi connectivity index (χ4v) is 4.47. The van der Waals surface area contributed by atoms with Crippen molar-refractivity contribution in [3.8, 4) is 5.75 Å². The number of benzene rings is 3. The molecule has 0 aliphatic carbocycles. The molecule has 27 heavy (non-hydrogen) atoms. The molecule has 4 rings (SSSR count). The van der Waals surface area contributed by atoms with Crippen LogP contribution in [0.2, 0.25) is 0 Å². The van der Waals surface area contributed by atoms with E-state index in [4.69, 9.17) is 17.0 Å². The zero-order valence-electron chi connectivity index (χ0n) is 14.9. The summed E-state index contributed by atoms with van der Waals surface area (Å²) in [5.74, 6) is 0.625. The Morgan fingerprint density at radius 1 is 1.07 bits per heavy atom. The molecule has 3 nitrogen and oxygen atoms in total. The highest BCUT2D eigenvalue weighted by molar-refractivity contribution is 8.27.